The predicted octanol–water partition coefficient (Wildman–Crippen LogP) is 1.63. The van der Waals surface area contributed by atoms with Gasteiger partial charge in [-0.2, -0.15) is 0 Å². The van der Waals surface area contributed by atoms with Crippen LogP contribution in [0, 0.1) is 0 Å². The fraction of sp³-hybridized carbons (Fsp3) is 0.429. The molecule has 1 aromatic carbocycles. The maximum absolute atomic E-state index is 11.8. The Balaban J connectivity index is 1.81. The summed E-state index contributed by atoms with van der Waals surface area (Å²) in [6, 6.07) is 7.17. The number of ether oxygens (including phenoxy) is 1. The largest absolute Gasteiger partial charge is 0.372 e. The van der Waals surface area contributed by atoms with Gasteiger partial charge in [-0.05, 0) is 30.7 Å². The van der Waals surface area contributed by atoms with Gasteiger partial charge in [0.05, 0.1) is 12.4 Å². The summed E-state index contributed by atoms with van der Waals surface area (Å²) < 4.78 is 33.4. The molecule has 118 valence electrons. The monoisotopic (exact) mass is 322 g/mol. The van der Waals surface area contributed by atoms with Crippen molar-refractivity contribution < 1.29 is 13.2 Å². The second-order valence-electron chi connectivity index (χ2n) is 5.14. The first-order valence-corrected chi connectivity index (χ1v) is 8.85. The van der Waals surface area contributed by atoms with Crippen molar-refractivity contribution in [2.75, 3.05) is 17.1 Å². The number of nitrogens with one attached hydrogen (secondary N) is 1. The van der Waals surface area contributed by atoms with Crippen molar-refractivity contribution in [1.82, 2.24) is 14.8 Å². The number of benzene rings is 1. The number of hydrogen-bond donors (Lipinski definition) is 1. The highest BCUT2D eigenvalue weighted by Crippen LogP contribution is 2.23. The summed E-state index contributed by atoms with van der Waals surface area (Å²) >= 11 is 0. The van der Waals surface area contributed by atoms with E-state index >= 15 is 0 Å². The van der Waals surface area contributed by atoms with E-state index in [2.05, 4.69) is 14.9 Å². The molecule has 8 heteroatoms. The van der Waals surface area contributed by atoms with Crippen LogP contribution in [0.4, 0.5) is 5.69 Å². The van der Waals surface area contributed by atoms with Gasteiger partial charge in [-0.1, -0.05) is 6.92 Å². The lowest BCUT2D eigenvalue weighted by Gasteiger charge is -2.15. The van der Waals surface area contributed by atoms with Crippen LogP contribution in [0.15, 0.2) is 24.3 Å². The maximum atomic E-state index is 11.8. The minimum absolute atomic E-state index is 0.117. The Morgan fingerprint density at radius 3 is 2.77 bits per heavy atom. The second-order valence-corrected chi connectivity index (χ2v) is 6.98. The highest BCUT2D eigenvalue weighted by Gasteiger charge is 2.17. The molecule has 0 amide bonds. The molecule has 7 nitrogen and oxygen atoms in total. The Bertz CT molecular complexity index is 753. The lowest BCUT2D eigenvalue weighted by atomic mass is 10.2. The molecule has 1 N–H and O–H groups in total. The van der Waals surface area contributed by atoms with E-state index in [4.69, 9.17) is 4.74 Å². The Morgan fingerprint density at radius 1 is 1.27 bits per heavy atom. The first-order chi connectivity index (χ1) is 10.6. The number of fused-ring (bicyclic) bond motifs is 1. The number of hydrogen-bond acceptors (Lipinski definition) is 5. The number of aromatic nitrogens is 3. The van der Waals surface area contributed by atoms with Crippen LogP contribution in [0.3, 0.4) is 0 Å². The second kappa shape index (κ2) is 6.05. The van der Waals surface area contributed by atoms with E-state index in [0.717, 1.165) is 23.8 Å². The van der Waals surface area contributed by atoms with E-state index in [9.17, 15) is 8.42 Å². The van der Waals surface area contributed by atoms with Crippen molar-refractivity contribution in [3.63, 3.8) is 0 Å². The quantitative estimate of drug-likeness (QED) is 0.904. The van der Waals surface area contributed by atoms with Crippen molar-refractivity contribution >= 4 is 15.7 Å². The average Bonchev–Trinajstić information content (AvgIpc) is 2.91. The van der Waals surface area contributed by atoms with Crippen LogP contribution in [-0.4, -0.2) is 35.5 Å². The molecule has 0 unspecified atom stereocenters. The minimum atomic E-state index is -3.27. The van der Waals surface area contributed by atoms with Gasteiger partial charge in [0.2, 0.25) is 10.0 Å². The van der Waals surface area contributed by atoms with Crippen molar-refractivity contribution in [3.05, 3.63) is 30.1 Å². The van der Waals surface area contributed by atoms with Crippen LogP contribution in [-0.2, 0) is 27.9 Å². The van der Waals surface area contributed by atoms with Gasteiger partial charge in [-0.15, -0.1) is 10.2 Å². The summed E-state index contributed by atoms with van der Waals surface area (Å²) in [6.45, 7) is 3.68. The fourth-order valence-corrected chi connectivity index (χ4v) is 3.53. The van der Waals surface area contributed by atoms with Crippen molar-refractivity contribution in [2.24, 2.45) is 0 Å². The SMILES string of the molecule is CCCS(=O)(=O)Nc1ccc(-c2nnc3n2CCOC3)cc1. The van der Waals surface area contributed by atoms with E-state index in [1.807, 2.05) is 23.6 Å². The first-order valence-electron chi connectivity index (χ1n) is 7.20. The molecule has 1 aliphatic rings. The molecular formula is C14H18N4O3S. The Hall–Kier alpha value is -1.93. The summed E-state index contributed by atoms with van der Waals surface area (Å²) in [7, 11) is -3.27. The summed E-state index contributed by atoms with van der Waals surface area (Å²) in [4.78, 5) is 0. The average molecular weight is 322 g/mol. The van der Waals surface area contributed by atoms with Crippen molar-refractivity contribution in [3.8, 4) is 11.4 Å². The lowest BCUT2D eigenvalue weighted by molar-refractivity contribution is 0.0821. The summed E-state index contributed by atoms with van der Waals surface area (Å²) in [5.74, 6) is 1.71. The van der Waals surface area contributed by atoms with Crippen LogP contribution in [0.1, 0.15) is 19.2 Å². The molecule has 1 aliphatic heterocycles. The molecule has 3 rings (SSSR count). The number of anilines is 1. The van der Waals surface area contributed by atoms with Gasteiger partial charge in [0.1, 0.15) is 6.61 Å². The molecule has 0 radical (unpaired) electrons. The zero-order chi connectivity index (χ0) is 15.6. The normalized spacial score (nSPS) is 14.6. The van der Waals surface area contributed by atoms with Crippen LogP contribution in [0.5, 0.6) is 0 Å². The molecule has 22 heavy (non-hydrogen) atoms. The minimum Gasteiger partial charge on any atom is -0.372 e. The Kier molecular flexibility index (Phi) is 4.12. The highest BCUT2D eigenvalue weighted by atomic mass is 32.2. The van der Waals surface area contributed by atoms with E-state index < -0.39 is 10.0 Å². The van der Waals surface area contributed by atoms with E-state index in [0.29, 0.717) is 25.3 Å². The smallest absolute Gasteiger partial charge is 0.232 e. The fourth-order valence-electron chi connectivity index (χ4n) is 2.40. The molecule has 0 aliphatic carbocycles. The van der Waals surface area contributed by atoms with Gasteiger partial charge in [0.25, 0.3) is 0 Å². The van der Waals surface area contributed by atoms with Gasteiger partial charge >= 0.3 is 0 Å². The molecule has 0 atom stereocenters. The molecule has 2 heterocycles. The molecule has 0 saturated carbocycles. The van der Waals surface area contributed by atoms with Crippen molar-refractivity contribution in [2.45, 2.75) is 26.5 Å². The zero-order valence-electron chi connectivity index (χ0n) is 12.3. The Morgan fingerprint density at radius 2 is 2.05 bits per heavy atom. The number of nitrogens with zero attached hydrogens (tertiary/aromatic N) is 3. The third-order valence-corrected chi connectivity index (χ3v) is 4.90. The molecule has 0 bridgehead atoms. The topological polar surface area (TPSA) is 86.1 Å². The van der Waals surface area contributed by atoms with E-state index in [-0.39, 0.29) is 5.75 Å². The number of rotatable bonds is 5. The predicted molar refractivity (Wildman–Crippen MR) is 82.8 cm³/mol. The molecule has 2 aromatic rings. The summed E-state index contributed by atoms with van der Waals surface area (Å²) in [5.41, 5.74) is 1.46. The van der Waals surface area contributed by atoms with Crippen LogP contribution in [0.25, 0.3) is 11.4 Å². The number of sulfonamides is 1. The molecule has 0 fully saturated rings. The van der Waals surface area contributed by atoms with Gasteiger partial charge < -0.3 is 9.30 Å². The van der Waals surface area contributed by atoms with Crippen LogP contribution in [0.2, 0.25) is 0 Å². The van der Waals surface area contributed by atoms with Crippen molar-refractivity contribution in [1.29, 1.82) is 0 Å². The maximum Gasteiger partial charge on any atom is 0.232 e. The summed E-state index contributed by atoms with van der Waals surface area (Å²) in [5, 5.41) is 8.31. The third-order valence-electron chi connectivity index (χ3n) is 3.41. The van der Waals surface area contributed by atoms with E-state index in [1.165, 1.54) is 0 Å². The van der Waals surface area contributed by atoms with E-state index in [1.54, 1.807) is 12.1 Å². The molecule has 0 spiro atoms. The first kappa shape index (κ1) is 15.0. The highest BCUT2D eigenvalue weighted by molar-refractivity contribution is 7.92. The molecular weight excluding hydrogens is 304 g/mol. The third kappa shape index (κ3) is 3.12. The Labute approximate surface area is 129 Å². The standard InChI is InChI=1S/C14H18N4O3S/c1-2-9-22(19,20)17-12-5-3-11(4-6-12)14-16-15-13-10-21-8-7-18(13)14/h3-6,17H,2,7-10H2,1H3. The summed E-state index contributed by atoms with van der Waals surface area (Å²) in [6.07, 6.45) is 0.585. The lowest BCUT2D eigenvalue weighted by Crippen LogP contribution is -2.17. The van der Waals surface area contributed by atoms with Crippen LogP contribution >= 0.6 is 0 Å². The molecule has 0 saturated heterocycles. The zero-order valence-corrected chi connectivity index (χ0v) is 13.1. The van der Waals surface area contributed by atoms with Gasteiger partial charge in [-0.25, -0.2) is 8.42 Å². The van der Waals surface area contributed by atoms with Gasteiger partial charge in [0.15, 0.2) is 11.6 Å². The van der Waals surface area contributed by atoms with Crippen LogP contribution < -0.4 is 4.72 Å². The van der Waals surface area contributed by atoms with Gasteiger partial charge in [0, 0.05) is 17.8 Å². The molecule has 1 aromatic heterocycles. The van der Waals surface area contributed by atoms with Gasteiger partial charge in [-0.3, -0.25) is 4.72 Å².